The minimum absolute atomic E-state index is 0. The average Bonchev–Trinajstić information content (AvgIpc) is 2.09. The third-order valence-electron chi connectivity index (χ3n) is 0. The van der Waals surface area contributed by atoms with Gasteiger partial charge < -0.3 is 0 Å². The first-order chi connectivity index (χ1) is 7.07. The molecule has 0 heterocycles. The molecule has 0 saturated carbocycles. The summed E-state index contributed by atoms with van der Waals surface area (Å²) in [6.45, 7) is 0. The maximum absolute atomic E-state index is 8.25. The van der Waals surface area contributed by atoms with E-state index in [2.05, 4.69) is 0 Å². The summed E-state index contributed by atoms with van der Waals surface area (Å²) in [5.41, 5.74) is 0. The van der Waals surface area contributed by atoms with Gasteiger partial charge in [-0.25, -0.2) is 0 Å². The van der Waals surface area contributed by atoms with Crippen molar-refractivity contribution in [1.29, 1.82) is 0 Å². The molecule has 0 amide bonds. The van der Waals surface area contributed by atoms with Crippen molar-refractivity contribution in [3.05, 3.63) is 0 Å². The second-order valence-corrected chi connectivity index (χ2v) is 0.481. The van der Waals surface area contributed by atoms with Gasteiger partial charge in [0.1, 0.15) is 0 Å². The zero-order valence-electron chi connectivity index (χ0n) is 8.03. The molecule has 10 nitrogen and oxygen atoms in total. The van der Waals surface area contributed by atoms with Crippen LogP contribution in [0.15, 0.2) is 0 Å². The quantitative estimate of drug-likeness (QED) is 0.354. The van der Waals surface area contributed by atoms with E-state index in [1.807, 2.05) is 0 Å². The Kier molecular flexibility index (Phi) is 338. The van der Waals surface area contributed by atoms with Crippen LogP contribution >= 0.6 is 0 Å². The van der Waals surface area contributed by atoms with Crippen LogP contribution < -0.4 is 25.1 Å². The Balaban J connectivity index is -0.0000000143. The fraction of sp³-hybridized carbons (Fsp3) is 0. The fourth-order valence-corrected chi connectivity index (χ4v) is 0. The zero-order valence-corrected chi connectivity index (χ0v) is 11.7. The van der Waals surface area contributed by atoms with Crippen molar-refractivity contribution in [2.45, 2.75) is 0 Å². The average molecular weight is 396 g/mol. The molecule has 0 aromatic carbocycles. The second kappa shape index (κ2) is 133. The summed E-state index contributed by atoms with van der Waals surface area (Å²) < 4.78 is 41.2. The number of rotatable bonds is 0. The Morgan fingerprint density at radius 3 is 0.471 bits per heavy atom. The first-order valence-corrected chi connectivity index (χ1v) is 2.36. The maximum atomic E-state index is 8.25. The van der Waals surface area contributed by atoms with Crippen molar-refractivity contribution in [2.75, 3.05) is 0 Å². The predicted molar refractivity (Wildman–Crippen MR) is 38.0 cm³/mol. The zero-order chi connectivity index (χ0) is 13.5. The van der Waals surface area contributed by atoms with Crippen LogP contribution in [0.5, 0.6) is 0 Å². The van der Waals surface area contributed by atoms with Gasteiger partial charge in [-0.2, -0.15) is 0 Å². The van der Waals surface area contributed by atoms with Gasteiger partial charge in [-0.3, -0.25) is 0 Å². The van der Waals surface area contributed by atoms with Gasteiger partial charge in [0, 0.05) is 0 Å². The molecule has 0 aromatic rings. The molecule has 85 valence electrons. The first-order valence-electron chi connectivity index (χ1n) is 2.36. The van der Waals surface area contributed by atoms with Crippen LogP contribution in [0.3, 0.4) is 0 Å². The largest absolute Gasteiger partial charge is 3.00 e. The SMILES string of the molecule is O=B[O-].O=B[O-].O=B[O-].O=B[O-].O=B[O-].[Gd+3].[Mg+2]. The molecule has 0 N–H and O–H groups in total. The molecule has 0 aliphatic rings. The molecule has 0 saturated heterocycles. The van der Waals surface area contributed by atoms with E-state index in [-0.39, 0.29) is 63.0 Å². The molecule has 17 heteroatoms. The van der Waals surface area contributed by atoms with E-state index in [1.165, 1.54) is 0 Å². The Morgan fingerprint density at radius 2 is 0.471 bits per heavy atom. The summed E-state index contributed by atoms with van der Waals surface area (Å²) in [7, 11) is -2.50. The van der Waals surface area contributed by atoms with Gasteiger partial charge in [0.2, 0.25) is 0 Å². The molecule has 0 aromatic heterocycles. The van der Waals surface area contributed by atoms with Gasteiger partial charge in [-0.05, 0) is 0 Å². The molecule has 0 aliphatic heterocycles. The molecule has 0 bridgehead atoms. The molecule has 0 atom stereocenters. The topological polar surface area (TPSA) is 201 Å². The maximum Gasteiger partial charge on any atom is 3.00 e. The Morgan fingerprint density at radius 1 is 0.471 bits per heavy atom. The van der Waals surface area contributed by atoms with Crippen LogP contribution in [-0.4, -0.2) is 59.8 Å². The Hall–Kier alpha value is 0.416. The van der Waals surface area contributed by atoms with Crippen molar-refractivity contribution < 1.29 is 88.6 Å². The number of hydrogen-bond acceptors (Lipinski definition) is 10. The van der Waals surface area contributed by atoms with Crippen molar-refractivity contribution in [3.8, 4) is 0 Å². The van der Waals surface area contributed by atoms with Crippen LogP contribution in [0, 0.1) is 39.9 Å². The Labute approximate surface area is 147 Å². The molecule has 0 rings (SSSR count). The van der Waals surface area contributed by atoms with E-state index in [9.17, 15) is 0 Å². The van der Waals surface area contributed by atoms with Crippen LogP contribution in [0.1, 0.15) is 0 Å². The molecule has 0 spiro atoms. The van der Waals surface area contributed by atoms with Crippen LogP contribution in [0.2, 0.25) is 0 Å². The van der Waals surface area contributed by atoms with Gasteiger partial charge in [0.05, 0.1) is 0 Å². The molecule has 0 aliphatic carbocycles. The molecule has 0 unspecified atom stereocenters. The molecule has 17 heavy (non-hydrogen) atoms. The standard InChI is InChI=1S/5BO2.Gd.Mg/c5*2-1-3;;/q5*-1;+3;+2. The molecule has 0 fully saturated rings. The second-order valence-electron chi connectivity index (χ2n) is 0.481. The van der Waals surface area contributed by atoms with Gasteiger partial charge in [-0.15, -0.1) is 0 Å². The van der Waals surface area contributed by atoms with Gasteiger partial charge >= 0.3 is 148 Å². The predicted octanol–water partition coefficient (Wildman–Crippen LogP) is -8.82. The van der Waals surface area contributed by atoms with Crippen molar-refractivity contribution in [2.24, 2.45) is 0 Å². The normalized spacial score (nSPS) is 2.35. The molecule has 1 radical (unpaired) electrons. The van der Waals surface area contributed by atoms with Crippen LogP contribution in [0.25, 0.3) is 0 Å². The summed E-state index contributed by atoms with van der Waals surface area (Å²) in [6, 6.07) is 0. The van der Waals surface area contributed by atoms with Gasteiger partial charge in [-0.1, -0.05) is 0 Å². The van der Waals surface area contributed by atoms with Gasteiger partial charge in [0.25, 0.3) is 0 Å². The number of hydrogen-bond donors (Lipinski definition) is 0. The first kappa shape index (κ1) is 43.3. The minimum Gasteiger partial charge on any atom is 2.00 e. The minimum atomic E-state index is -0.500. The van der Waals surface area contributed by atoms with Crippen molar-refractivity contribution >= 4 is 59.8 Å². The van der Waals surface area contributed by atoms with Crippen LogP contribution in [0.4, 0.5) is 0 Å². The Bertz CT molecular complexity index is 97.0. The molecular formula is B5GdMgO10. The summed E-state index contributed by atoms with van der Waals surface area (Å²) in [5, 5.41) is 41.2. The third-order valence-corrected chi connectivity index (χ3v) is 0. The van der Waals surface area contributed by atoms with Crippen molar-refractivity contribution in [3.63, 3.8) is 0 Å². The van der Waals surface area contributed by atoms with E-state index in [4.69, 9.17) is 48.6 Å². The van der Waals surface area contributed by atoms with E-state index in [1.54, 1.807) is 0 Å². The summed E-state index contributed by atoms with van der Waals surface area (Å²) in [4.78, 5) is 0. The fourth-order valence-electron chi connectivity index (χ4n) is 0. The third kappa shape index (κ3) is 19800. The van der Waals surface area contributed by atoms with E-state index in [0.29, 0.717) is 0 Å². The van der Waals surface area contributed by atoms with Crippen molar-refractivity contribution in [1.82, 2.24) is 0 Å². The van der Waals surface area contributed by atoms with E-state index >= 15 is 0 Å². The summed E-state index contributed by atoms with van der Waals surface area (Å²) in [6.07, 6.45) is 0. The van der Waals surface area contributed by atoms with Crippen LogP contribution in [-0.2, 0) is 23.5 Å². The van der Waals surface area contributed by atoms with E-state index in [0.717, 1.165) is 0 Å². The summed E-state index contributed by atoms with van der Waals surface area (Å²) >= 11 is 0. The molecular weight excluding hydrogens is 396 g/mol. The van der Waals surface area contributed by atoms with Gasteiger partial charge in [0.15, 0.2) is 0 Å². The van der Waals surface area contributed by atoms with E-state index < -0.39 is 36.8 Å². The summed E-state index contributed by atoms with van der Waals surface area (Å²) in [5.74, 6) is 0. The monoisotopic (exact) mass is 397 g/mol. The smallest absolute Gasteiger partial charge is 2.00 e.